The Morgan fingerprint density at radius 1 is 1.16 bits per heavy atom. The third-order valence-electron chi connectivity index (χ3n) is 10.1. The zero-order valence-electron chi connectivity index (χ0n) is 25.7. The second-order valence-corrected chi connectivity index (χ2v) is 13.4. The van der Waals surface area contributed by atoms with E-state index in [1.165, 1.54) is 18.9 Å². The highest BCUT2D eigenvalue weighted by molar-refractivity contribution is 5.93. The molecule has 1 aliphatic carbocycles. The van der Waals surface area contributed by atoms with Crippen molar-refractivity contribution in [3.63, 3.8) is 0 Å². The first kappa shape index (κ1) is 28.5. The van der Waals surface area contributed by atoms with Crippen LogP contribution in [-0.4, -0.2) is 101 Å². The highest BCUT2D eigenvalue weighted by Gasteiger charge is 2.45. The van der Waals surface area contributed by atoms with Crippen LogP contribution in [-0.2, 0) is 11.3 Å². The molecule has 3 saturated heterocycles. The van der Waals surface area contributed by atoms with Gasteiger partial charge in [-0.25, -0.2) is 9.37 Å². The molecule has 5 heterocycles. The predicted octanol–water partition coefficient (Wildman–Crippen LogP) is 3.34. The highest BCUT2D eigenvalue weighted by Crippen LogP contribution is 2.47. The summed E-state index contributed by atoms with van der Waals surface area (Å²) in [4.78, 5) is 22.3. The molecule has 45 heavy (non-hydrogen) atoms. The smallest absolute Gasteiger partial charge is 0.229 e. The lowest BCUT2D eigenvalue weighted by atomic mass is 9.98. The van der Waals surface area contributed by atoms with Crippen LogP contribution in [0.25, 0.3) is 21.9 Å². The van der Waals surface area contributed by atoms with Gasteiger partial charge in [0.1, 0.15) is 11.6 Å². The van der Waals surface area contributed by atoms with Gasteiger partial charge in [-0.3, -0.25) is 4.90 Å². The van der Waals surface area contributed by atoms with Crippen LogP contribution in [0, 0.1) is 23.6 Å². The Kier molecular flexibility index (Phi) is 7.04. The Morgan fingerprint density at radius 3 is 2.67 bits per heavy atom. The van der Waals surface area contributed by atoms with Gasteiger partial charge < -0.3 is 29.5 Å². The second kappa shape index (κ2) is 11.1. The van der Waals surface area contributed by atoms with Crippen molar-refractivity contribution in [2.75, 3.05) is 69.3 Å². The molecule has 8 rings (SSSR count). The molecule has 234 valence electrons. The Hall–Kier alpha value is -3.98. The van der Waals surface area contributed by atoms with Crippen molar-refractivity contribution in [1.82, 2.24) is 29.7 Å². The van der Waals surface area contributed by atoms with Gasteiger partial charge in [-0.15, -0.1) is 6.42 Å². The van der Waals surface area contributed by atoms with E-state index < -0.39 is 5.82 Å². The van der Waals surface area contributed by atoms with E-state index in [1.54, 1.807) is 24.5 Å². The number of aromatic hydroxyl groups is 1. The zero-order valence-corrected chi connectivity index (χ0v) is 25.7. The van der Waals surface area contributed by atoms with Crippen molar-refractivity contribution in [3.05, 3.63) is 47.5 Å². The highest BCUT2D eigenvalue weighted by atomic mass is 19.1. The number of aromatic nitrogens is 4. The van der Waals surface area contributed by atoms with Crippen LogP contribution in [0.15, 0.2) is 30.6 Å². The number of anilines is 2. The maximum Gasteiger partial charge on any atom is 0.229 e. The molecular weight excluding hydrogens is 571 g/mol. The number of fused-ring (bicyclic) bond motifs is 4. The summed E-state index contributed by atoms with van der Waals surface area (Å²) in [6.45, 7) is 7.56. The van der Waals surface area contributed by atoms with Gasteiger partial charge in [-0.2, -0.15) is 9.97 Å². The second-order valence-electron chi connectivity index (χ2n) is 13.4. The number of hydrogen-bond donors (Lipinski definition) is 2. The zero-order chi connectivity index (χ0) is 30.7. The van der Waals surface area contributed by atoms with E-state index in [-0.39, 0.29) is 16.7 Å². The number of piperazine rings is 1. The molecule has 4 aromatic rings. The molecule has 11 heteroatoms. The summed E-state index contributed by atoms with van der Waals surface area (Å²) in [6, 6.07) is 7.14. The summed E-state index contributed by atoms with van der Waals surface area (Å²) in [5.74, 6) is 3.69. The fraction of sp³-hybridized carbons (Fsp3) is 0.500. The van der Waals surface area contributed by atoms with Crippen molar-refractivity contribution >= 4 is 33.7 Å². The first-order valence-corrected chi connectivity index (χ1v) is 16.0. The normalized spacial score (nSPS) is 22.6. The summed E-state index contributed by atoms with van der Waals surface area (Å²) < 4.78 is 22.4. The van der Waals surface area contributed by atoms with Crippen molar-refractivity contribution in [3.8, 4) is 18.1 Å². The van der Waals surface area contributed by atoms with Crippen molar-refractivity contribution < 1.29 is 14.2 Å². The molecule has 2 atom stereocenters. The number of ether oxygens (including phenoxy) is 1. The van der Waals surface area contributed by atoms with Crippen LogP contribution in [0.5, 0.6) is 5.75 Å². The van der Waals surface area contributed by atoms with Gasteiger partial charge in [0, 0.05) is 69.2 Å². The van der Waals surface area contributed by atoms with Crippen LogP contribution in [0.2, 0.25) is 0 Å². The minimum atomic E-state index is -0.458. The van der Waals surface area contributed by atoms with Crippen LogP contribution >= 0.6 is 0 Å². The van der Waals surface area contributed by atoms with Gasteiger partial charge in [0.15, 0.2) is 17.0 Å². The Morgan fingerprint density at radius 2 is 1.93 bits per heavy atom. The quantitative estimate of drug-likeness (QED) is 0.292. The van der Waals surface area contributed by atoms with E-state index in [0.717, 1.165) is 76.7 Å². The van der Waals surface area contributed by atoms with Gasteiger partial charge in [-0.1, -0.05) is 12.0 Å². The average molecular weight is 611 g/mol. The molecule has 10 nitrogen and oxygen atoms in total. The van der Waals surface area contributed by atoms with Gasteiger partial charge >= 0.3 is 0 Å². The third-order valence-corrected chi connectivity index (χ3v) is 10.1. The largest absolute Gasteiger partial charge is 0.508 e. The Balaban J connectivity index is 1.18. The van der Waals surface area contributed by atoms with Crippen molar-refractivity contribution in [2.24, 2.45) is 5.41 Å². The first-order valence-electron chi connectivity index (χ1n) is 16.0. The number of benzene rings is 2. The van der Waals surface area contributed by atoms with Crippen LogP contribution in [0.3, 0.4) is 0 Å². The molecule has 0 amide bonds. The lowest BCUT2D eigenvalue weighted by Gasteiger charge is -2.34. The number of terminal acetylenes is 1. The SMILES string of the molecule is C#Cc1c(F)ccc2cc(O)cc(Cn3cnc4c(N(C)CC5(CN6CCOCC6)CC5)nc(N5CC6CCC(C5)N6)nc43)c12. The molecular formula is C34H39FN8O2. The van der Waals surface area contributed by atoms with Gasteiger partial charge in [-0.05, 0) is 54.8 Å². The summed E-state index contributed by atoms with van der Waals surface area (Å²) in [5.41, 5.74) is 2.56. The molecule has 4 fully saturated rings. The molecule has 0 spiro atoms. The van der Waals surface area contributed by atoms with Crippen LogP contribution in [0.1, 0.15) is 36.8 Å². The summed E-state index contributed by atoms with van der Waals surface area (Å²) in [5, 5.41) is 15.6. The van der Waals surface area contributed by atoms with Crippen molar-refractivity contribution in [2.45, 2.75) is 44.3 Å². The summed E-state index contributed by atoms with van der Waals surface area (Å²) >= 11 is 0. The molecule has 2 bridgehead atoms. The lowest BCUT2D eigenvalue weighted by molar-refractivity contribution is 0.0290. The Bertz CT molecular complexity index is 1800. The number of phenols is 1. The topological polar surface area (TPSA) is 94.8 Å². The van der Waals surface area contributed by atoms with E-state index in [4.69, 9.17) is 26.1 Å². The van der Waals surface area contributed by atoms with E-state index >= 15 is 0 Å². The van der Waals surface area contributed by atoms with E-state index in [0.29, 0.717) is 46.6 Å². The van der Waals surface area contributed by atoms with Crippen LogP contribution in [0.4, 0.5) is 16.2 Å². The molecule has 2 aromatic carbocycles. The van der Waals surface area contributed by atoms with E-state index in [2.05, 4.69) is 33.0 Å². The maximum absolute atomic E-state index is 14.8. The Labute approximate surface area is 262 Å². The minimum absolute atomic E-state index is 0.0959. The van der Waals surface area contributed by atoms with Gasteiger partial charge in [0.25, 0.3) is 0 Å². The van der Waals surface area contributed by atoms with Gasteiger partial charge in [0.05, 0.1) is 31.6 Å². The van der Waals surface area contributed by atoms with Crippen LogP contribution < -0.4 is 15.1 Å². The van der Waals surface area contributed by atoms with E-state index in [1.807, 2.05) is 4.57 Å². The standard InChI is InChI=1S/C34H39FN8O2/c1-3-27-28(35)7-4-22-14-26(44)15-23(29(22)27)16-43-21-36-30-31(40(2)19-34(8-9-34)20-41-10-12-45-13-11-41)38-33(39-32(30)43)42-17-24-5-6-25(18-42)37-24/h1,4,7,14-15,21,24-25,37,44H,5-6,8-13,16-20H2,2H3. The first-order chi connectivity index (χ1) is 21.9. The fourth-order valence-electron chi connectivity index (χ4n) is 7.72. The maximum atomic E-state index is 14.8. The van der Waals surface area contributed by atoms with Crippen molar-refractivity contribution in [1.29, 1.82) is 0 Å². The summed E-state index contributed by atoms with van der Waals surface area (Å²) in [7, 11) is 2.12. The number of morpholine rings is 1. The number of rotatable bonds is 8. The molecule has 0 radical (unpaired) electrons. The number of phenolic OH excluding ortho intramolecular Hbond substituents is 1. The number of nitrogens with zero attached hydrogens (tertiary/aromatic N) is 7. The monoisotopic (exact) mass is 610 g/mol. The third kappa shape index (κ3) is 5.35. The van der Waals surface area contributed by atoms with Gasteiger partial charge in [0.2, 0.25) is 5.95 Å². The number of halogens is 1. The minimum Gasteiger partial charge on any atom is -0.508 e. The number of hydrogen-bond acceptors (Lipinski definition) is 9. The molecule has 4 aliphatic rings. The van der Waals surface area contributed by atoms with E-state index in [9.17, 15) is 9.50 Å². The fourth-order valence-corrected chi connectivity index (χ4v) is 7.72. The number of imidazole rings is 1. The molecule has 2 unspecified atom stereocenters. The molecule has 2 aromatic heterocycles. The molecule has 2 N–H and O–H groups in total. The summed E-state index contributed by atoms with van der Waals surface area (Å²) in [6.07, 6.45) is 12.3. The predicted molar refractivity (Wildman–Crippen MR) is 172 cm³/mol. The lowest BCUT2D eigenvalue weighted by Crippen LogP contribution is -2.51. The molecule has 3 aliphatic heterocycles. The average Bonchev–Trinajstić information content (AvgIpc) is 3.53. The molecule has 1 saturated carbocycles. The number of nitrogens with one attached hydrogen (secondary N) is 1.